The lowest BCUT2D eigenvalue weighted by atomic mass is 9.92. The molecule has 1 aliphatic rings. The third-order valence-electron chi connectivity index (χ3n) is 3.79. The lowest BCUT2D eigenvalue weighted by Crippen LogP contribution is -2.53. The molecule has 9 heteroatoms. The highest BCUT2D eigenvalue weighted by molar-refractivity contribution is 7.89. The zero-order chi connectivity index (χ0) is 15.8. The van der Waals surface area contributed by atoms with Crippen LogP contribution in [0.15, 0.2) is 20.7 Å². The van der Waals surface area contributed by atoms with Gasteiger partial charge in [-0.05, 0) is 32.9 Å². The molecule has 1 saturated heterocycles. The summed E-state index contributed by atoms with van der Waals surface area (Å²) in [5.41, 5.74) is -1.97. The molecule has 2 heterocycles. The van der Waals surface area contributed by atoms with E-state index in [4.69, 9.17) is 0 Å². The van der Waals surface area contributed by atoms with Crippen molar-refractivity contribution in [1.29, 1.82) is 0 Å². The summed E-state index contributed by atoms with van der Waals surface area (Å²) < 4.78 is 29.4. The fourth-order valence-corrected chi connectivity index (χ4v) is 4.05. The van der Waals surface area contributed by atoms with Crippen molar-refractivity contribution in [1.82, 2.24) is 19.2 Å². The smallest absolute Gasteiger partial charge is 0.317 e. The summed E-state index contributed by atoms with van der Waals surface area (Å²) in [6.07, 6.45) is 2.34. The first-order valence-electron chi connectivity index (χ1n) is 6.68. The number of rotatable bonds is 3. The molecule has 0 radical (unpaired) electrons. The van der Waals surface area contributed by atoms with E-state index in [0.717, 1.165) is 15.3 Å². The largest absolute Gasteiger partial charge is 0.330 e. The van der Waals surface area contributed by atoms with Crippen LogP contribution in [0.5, 0.6) is 0 Å². The SMILES string of the molecule is Cn1cc(S(=O)(=O)NC2(C)CCNCC2)c(=O)n(C)c1=O. The van der Waals surface area contributed by atoms with Gasteiger partial charge in [-0.1, -0.05) is 0 Å². The molecular formula is C12H20N4O4S. The van der Waals surface area contributed by atoms with Gasteiger partial charge in [0.05, 0.1) is 0 Å². The van der Waals surface area contributed by atoms with Crippen molar-refractivity contribution in [2.24, 2.45) is 14.1 Å². The Morgan fingerprint density at radius 3 is 2.38 bits per heavy atom. The third kappa shape index (κ3) is 3.09. The van der Waals surface area contributed by atoms with Crippen LogP contribution >= 0.6 is 0 Å². The van der Waals surface area contributed by atoms with E-state index in [-0.39, 0.29) is 0 Å². The van der Waals surface area contributed by atoms with Crippen molar-refractivity contribution in [2.75, 3.05) is 13.1 Å². The first kappa shape index (κ1) is 15.9. The molecule has 8 nitrogen and oxygen atoms in total. The maximum Gasteiger partial charge on any atom is 0.330 e. The van der Waals surface area contributed by atoms with Crippen LogP contribution in [0.1, 0.15) is 19.8 Å². The van der Waals surface area contributed by atoms with Crippen molar-refractivity contribution in [3.8, 4) is 0 Å². The maximum atomic E-state index is 12.5. The van der Waals surface area contributed by atoms with Gasteiger partial charge >= 0.3 is 5.69 Å². The number of hydrogen-bond acceptors (Lipinski definition) is 5. The van der Waals surface area contributed by atoms with Crippen LogP contribution in [0, 0.1) is 0 Å². The highest BCUT2D eigenvalue weighted by atomic mass is 32.2. The number of nitrogens with one attached hydrogen (secondary N) is 2. The van der Waals surface area contributed by atoms with Gasteiger partial charge in [-0.3, -0.25) is 9.36 Å². The van der Waals surface area contributed by atoms with E-state index in [1.807, 2.05) is 6.92 Å². The molecule has 1 aliphatic heterocycles. The van der Waals surface area contributed by atoms with Crippen molar-refractivity contribution in [2.45, 2.75) is 30.2 Å². The van der Waals surface area contributed by atoms with Gasteiger partial charge in [-0.2, -0.15) is 0 Å². The summed E-state index contributed by atoms with van der Waals surface area (Å²) in [6, 6.07) is 0. The third-order valence-corrected chi connectivity index (χ3v) is 5.41. The van der Waals surface area contributed by atoms with Crippen molar-refractivity contribution >= 4 is 10.0 Å². The second-order valence-electron chi connectivity index (χ2n) is 5.67. The number of nitrogens with zero attached hydrogens (tertiary/aromatic N) is 2. The Hall–Kier alpha value is -1.45. The molecule has 2 N–H and O–H groups in total. The van der Waals surface area contributed by atoms with Crippen LogP contribution in [0.25, 0.3) is 0 Å². The minimum Gasteiger partial charge on any atom is -0.317 e. The number of aromatic nitrogens is 2. The van der Waals surface area contributed by atoms with E-state index in [1.165, 1.54) is 14.1 Å². The van der Waals surface area contributed by atoms with E-state index in [0.29, 0.717) is 25.9 Å². The lowest BCUT2D eigenvalue weighted by Gasteiger charge is -2.34. The van der Waals surface area contributed by atoms with Crippen LogP contribution in [0.3, 0.4) is 0 Å². The number of piperidine rings is 1. The molecule has 2 rings (SSSR count). The monoisotopic (exact) mass is 316 g/mol. The molecule has 0 aromatic carbocycles. The minimum atomic E-state index is -3.98. The summed E-state index contributed by atoms with van der Waals surface area (Å²) in [6.45, 7) is 3.24. The van der Waals surface area contributed by atoms with E-state index in [1.54, 1.807) is 0 Å². The second kappa shape index (κ2) is 5.39. The second-order valence-corrected chi connectivity index (χ2v) is 7.32. The average Bonchev–Trinajstić information content (AvgIpc) is 2.40. The van der Waals surface area contributed by atoms with Crippen molar-refractivity contribution < 1.29 is 8.42 Å². The molecule has 118 valence electrons. The molecule has 0 amide bonds. The zero-order valence-corrected chi connectivity index (χ0v) is 13.2. The molecule has 21 heavy (non-hydrogen) atoms. The summed E-state index contributed by atoms with van der Waals surface area (Å²) in [5, 5.41) is 3.16. The van der Waals surface area contributed by atoms with Gasteiger partial charge in [0.1, 0.15) is 0 Å². The predicted octanol–water partition coefficient (Wildman–Crippen LogP) is -1.50. The van der Waals surface area contributed by atoms with E-state index < -0.39 is 31.7 Å². The number of hydrogen-bond donors (Lipinski definition) is 2. The Bertz CT molecular complexity index is 756. The predicted molar refractivity (Wildman–Crippen MR) is 77.8 cm³/mol. The van der Waals surface area contributed by atoms with Crippen LogP contribution in [0.2, 0.25) is 0 Å². The van der Waals surface area contributed by atoms with E-state index in [9.17, 15) is 18.0 Å². The molecule has 0 spiro atoms. The zero-order valence-electron chi connectivity index (χ0n) is 12.3. The minimum absolute atomic E-state index is 0.410. The van der Waals surface area contributed by atoms with Gasteiger partial charge in [0.2, 0.25) is 10.0 Å². The Labute approximate surface area is 122 Å². The van der Waals surface area contributed by atoms with Gasteiger partial charge < -0.3 is 9.88 Å². The average molecular weight is 316 g/mol. The van der Waals surface area contributed by atoms with Gasteiger partial charge in [0.25, 0.3) is 5.56 Å². The van der Waals surface area contributed by atoms with Gasteiger partial charge in [0.15, 0.2) is 4.90 Å². The Morgan fingerprint density at radius 2 is 1.81 bits per heavy atom. The summed E-state index contributed by atoms with van der Waals surface area (Å²) >= 11 is 0. The lowest BCUT2D eigenvalue weighted by molar-refractivity contribution is 0.307. The standard InChI is InChI=1S/C12H20N4O4S/c1-12(4-6-13-7-5-12)14-21(19,20)9-8-15(2)11(18)16(3)10(9)17/h8,13-14H,4-7H2,1-3H3. The van der Waals surface area contributed by atoms with Crippen LogP contribution in [-0.4, -0.2) is 36.2 Å². The molecule has 0 unspecified atom stereocenters. The Kier molecular flexibility index (Phi) is 4.09. The first-order valence-corrected chi connectivity index (χ1v) is 8.16. The summed E-state index contributed by atoms with van der Waals surface area (Å²) in [4.78, 5) is 23.3. The summed E-state index contributed by atoms with van der Waals surface area (Å²) in [5.74, 6) is 0. The number of sulfonamides is 1. The molecule has 1 fully saturated rings. The van der Waals surface area contributed by atoms with E-state index >= 15 is 0 Å². The highest BCUT2D eigenvalue weighted by Gasteiger charge is 2.33. The molecule has 1 aromatic rings. The molecule has 0 bridgehead atoms. The van der Waals surface area contributed by atoms with Crippen LogP contribution in [0.4, 0.5) is 0 Å². The van der Waals surface area contributed by atoms with Crippen molar-refractivity contribution in [3.05, 3.63) is 27.0 Å². The molecule has 1 aromatic heterocycles. The summed E-state index contributed by atoms with van der Waals surface area (Å²) in [7, 11) is -1.31. The Balaban J connectivity index is 2.46. The van der Waals surface area contributed by atoms with Gasteiger partial charge in [-0.25, -0.2) is 17.9 Å². The van der Waals surface area contributed by atoms with Crippen LogP contribution in [-0.2, 0) is 24.1 Å². The van der Waals surface area contributed by atoms with Crippen LogP contribution < -0.4 is 21.3 Å². The Morgan fingerprint density at radius 1 is 1.24 bits per heavy atom. The normalized spacial score (nSPS) is 18.6. The fourth-order valence-electron chi connectivity index (χ4n) is 2.42. The first-order chi connectivity index (χ1) is 9.66. The number of aryl methyl sites for hydroxylation is 1. The van der Waals surface area contributed by atoms with Gasteiger partial charge in [0, 0.05) is 25.8 Å². The van der Waals surface area contributed by atoms with Gasteiger partial charge in [-0.15, -0.1) is 0 Å². The molecule has 0 aliphatic carbocycles. The quantitative estimate of drug-likeness (QED) is 0.707. The van der Waals surface area contributed by atoms with E-state index in [2.05, 4.69) is 10.0 Å². The van der Waals surface area contributed by atoms with Crippen molar-refractivity contribution in [3.63, 3.8) is 0 Å². The molecule has 0 saturated carbocycles. The molecule has 0 atom stereocenters. The molecular weight excluding hydrogens is 296 g/mol. The highest BCUT2D eigenvalue weighted by Crippen LogP contribution is 2.19. The maximum absolute atomic E-state index is 12.5. The topological polar surface area (TPSA) is 102 Å². The fraction of sp³-hybridized carbons (Fsp3) is 0.667.